The van der Waals surface area contributed by atoms with Gasteiger partial charge in [-0.25, -0.2) is 0 Å². The van der Waals surface area contributed by atoms with Gasteiger partial charge in [0.15, 0.2) is 0 Å². The van der Waals surface area contributed by atoms with Crippen molar-refractivity contribution in [1.82, 2.24) is 0 Å². The standard InChI is InChI=1S/C45H63Si.3ClH.Ti/c1-26(2)36-17-37(27(3)4)21-42(20-36)46(45-34(15)32(13)33(14)35(45)16,43-22-38(28(5)6)18-39(23-43)29(7)8)44-24-40(30(9)10)19-41(25-44)31(11)12;;;;/h17-31H,1-16H3;3*1H;/q;;;;+3/p-3. The molecule has 1 aliphatic rings. The maximum Gasteiger partial charge on any atom is -1.00 e. The van der Waals surface area contributed by atoms with Gasteiger partial charge in [-0.3, -0.25) is 0 Å². The molecule has 3 aromatic rings. The van der Waals surface area contributed by atoms with Crippen molar-refractivity contribution in [2.75, 3.05) is 0 Å². The van der Waals surface area contributed by atoms with Gasteiger partial charge in [-0.1, -0.05) is 0 Å². The third kappa shape index (κ3) is 8.20. The molecule has 0 aromatic heterocycles. The summed E-state index contributed by atoms with van der Waals surface area (Å²) in [5, 5.41) is 4.71. The molecule has 0 spiro atoms. The van der Waals surface area contributed by atoms with Crippen LogP contribution in [0.1, 0.15) is 180 Å². The van der Waals surface area contributed by atoms with Crippen LogP contribution in [0, 0.1) is 0 Å². The van der Waals surface area contributed by atoms with E-state index in [-0.39, 0.29) is 40.6 Å². The molecule has 0 unspecified atom stereocenters. The molecule has 0 N–H and O–H groups in total. The number of hydrogen-bond acceptors (Lipinski definition) is 0. The Morgan fingerprint density at radius 1 is 0.380 bits per heavy atom. The third-order valence-corrected chi connectivity index (χ3v) is 19.9. The zero-order chi connectivity index (χ0) is 35.3. The number of hydrogen-bond donors (Lipinski definition) is 0. The SMILES string of the molecule is CC1=C(C)[C]([Ti+3])([Si](c2cc(C(C)C)cc(C(C)C)c2)(c2cc(C(C)C)cc(C(C)C)c2)c2cc(C(C)C)cc(C(C)C)c2)C(C)=C1C.[Cl-].[Cl-].[Cl-]. The molecule has 0 amide bonds. The first-order chi connectivity index (χ1) is 21.8. The molecule has 0 saturated carbocycles. The average Bonchev–Trinajstić information content (AvgIpc) is 3.16. The molecule has 0 atom stereocenters. The van der Waals surface area contributed by atoms with Crippen LogP contribution in [0.4, 0.5) is 0 Å². The van der Waals surface area contributed by atoms with Gasteiger partial charge in [-0.2, -0.15) is 0 Å². The molecule has 3 aromatic carbocycles. The fourth-order valence-corrected chi connectivity index (χ4v) is 16.5. The summed E-state index contributed by atoms with van der Waals surface area (Å²) >= 11 is 2.65. The summed E-state index contributed by atoms with van der Waals surface area (Å²) in [6.07, 6.45) is 0. The minimum Gasteiger partial charge on any atom is -1.00 e. The second-order valence-electron chi connectivity index (χ2n) is 16.6. The minimum atomic E-state index is -2.90. The van der Waals surface area contributed by atoms with Crippen LogP contribution in [0.25, 0.3) is 0 Å². The van der Waals surface area contributed by atoms with Gasteiger partial charge in [0.25, 0.3) is 0 Å². The van der Waals surface area contributed by atoms with Crippen LogP contribution in [-0.4, -0.2) is 8.07 Å². The molecule has 272 valence electrons. The maximum absolute atomic E-state index is 2.90. The summed E-state index contributed by atoms with van der Waals surface area (Å²) < 4.78 is -0.140. The van der Waals surface area contributed by atoms with Gasteiger partial charge in [0.1, 0.15) is 0 Å². The van der Waals surface area contributed by atoms with Gasteiger partial charge in [-0.05, 0) is 0 Å². The van der Waals surface area contributed by atoms with Crippen molar-refractivity contribution in [2.24, 2.45) is 0 Å². The van der Waals surface area contributed by atoms with Crippen LogP contribution in [0.2, 0.25) is 3.34 Å². The van der Waals surface area contributed by atoms with Gasteiger partial charge in [0.05, 0.1) is 0 Å². The van der Waals surface area contributed by atoms with E-state index in [2.05, 4.69) is 186 Å². The Morgan fingerprint density at radius 2 is 0.560 bits per heavy atom. The summed E-state index contributed by atoms with van der Waals surface area (Å²) in [6.45, 7) is 38.2. The molecule has 4 rings (SSSR count). The number of rotatable bonds is 10. The zero-order valence-electron chi connectivity index (χ0n) is 33.8. The predicted molar refractivity (Wildman–Crippen MR) is 208 cm³/mol. The van der Waals surface area contributed by atoms with E-state index in [0.717, 1.165) is 0 Å². The molecule has 1 aliphatic carbocycles. The predicted octanol–water partition coefficient (Wildman–Crippen LogP) is 2.84. The molecule has 0 nitrogen and oxygen atoms in total. The van der Waals surface area contributed by atoms with Crippen LogP contribution in [0.5, 0.6) is 0 Å². The maximum atomic E-state index is 2.66. The van der Waals surface area contributed by atoms with Crippen LogP contribution < -0.4 is 52.8 Å². The van der Waals surface area contributed by atoms with Gasteiger partial charge in [0, 0.05) is 0 Å². The normalized spacial score (nSPS) is 14.7. The van der Waals surface area contributed by atoms with Gasteiger partial charge in [0.2, 0.25) is 0 Å². The van der Waals surface area contributed by atoms with Crippen molar-refractivity contribution in [3.63, 3.8) is 0 Å². The zero-order valence-corrected chi connectivity index (χ0v) is 38.6. The van der Waals surface area contributed by atoms with Crippen LogP contribution in [0.15, 0.2) is 76.9 Å². The Labute approximate surface area is 338 Å². The van der Waals surface area contributed by atoms with Crippen molar-refractivity contribution < 1.29 is 57.7 Å². The molecule has 0 saturated heterocycles. The van der Waals surface area contributed by atoms with Crippen LogP contribution >= 0.6 is 0 Å². The van der Waals surface area contributed by atoms with E-state index >= 15 is 0 Å². The second kappa shape index (κ2) is 17.8. The van der Waals surface area contributed by atoms with E-state index in [1.807, 2.05) is 0 Å². The number of benzene rings is 3. The summed E-state index contributed by atoms with van der Waals surface area (Å²) in [5.74, 6) is 2.72. The van der Waals surface area contributed by atoms with Crippen LogP contribution in [-0.2, 0) is 20.4 Å². The van der Waals surface area contributed by atoms with Gasteiger partial charge >= 0.3 is 304 Å². The Kier molecular flexibility index (Phi) is 16.8. The van der Waals surface area contributed by atoms with Crippen molar-refractivity contribution in [2.45, 2.75) is 150 Å². The van der Waals surface area contributed by atoms with Gasteiger partial charge < -0.3 is 37.2 Å². The number of allylic oxidation sites excluding steroid dienone is 4. The largest absolute Gasteiger partial charge is 1.00 e. The first-order valence-electron chi connectivity index (χ1n) is 18.4. The van der Waals surface area contributed by atoms with Crippen molar-refractivity contribution >= 4 is 23.6 Å². The minimum absolute atomic E-state index is 0. The second-order valence-corrected chi connectivity index (χ2v) is 22.5. The van der Waals surface area contributed by atoms with Crippen molar-refractivity contribution in [1.29, 1.82) is 0 Å². The fourth-order valence-electron chi connectivity index (χ4n) is 7.80. The summed E-state index contributed by atoms with van der Waals surface area (Å²) in [6, 6.07) is 23.5. The van der Waals surface area contributed by atoms with Crippen molar-refractivity contribution in [3.8, 4) is 0 Å². The summed E-state index contributed by atoms with van der Waals surface area (Å²) in [5.41, 5.74) is 14.9. The fraction of sp³-hybridized carbons (Fsp3) is 0.511. The van der Waals surface area contributed by atoms with E-state index in [0.29, 0.717) is 35.5 Å². The summed E-state index contributed by atoms with van der Waals surface area (Å²) in [7, 11) is -2.90. The van der Waals surface area contributed by atoms with E-state index in [9.17, 15) is 0 Å². The molecule has 0 heterocycles. The summed E-state index contributed by atoms with van der Waals surface area (Å²) in [4.78, 5) is 0. The van der Waals surface area contributed by atoms with Gasteiger partial charge in [-0.15, -0.1) is 0 Å². The van der Waals surface area contributed by atoms with E-state index in [4.69, 9.17) is 0 Å². The topological polar surface area (TPSA) is 0 Å². The molecule has 0 aliphatic heterocycles. The Morgan fingerprint density at radius 3 is 0.720 bits per heavy atom. The Bertz CT molecular complexity index is 1450. The monoisotopic (exact) mass is 784 g/mol. The molecule has 5 heteroatoms. The van der Waals surface area contributed by atoms with Crippen LogP contribution in [0.3, 0.4) is 0 Å². The first kappa shape index (κ1) is 47.0. The Balaban J connectivity index is 0.00000417. The van der Waals surface area contributed by atoms with E-state index < -0.39 is 8.07 Å². The smallest absolute Gasteiger partial charge is 1.00 e. The molecule has 0 radical (unpaired) electrons. The number of halogens is 3. The Hall–Kier alpha value is -1.06. The van der Waals surface area contributed by atoms with E-state index in [1.165, 1.54) is 44.5 Å². The molecule has 0 bridgehead atoms. The molecule has 50 heavy (non-hydrogen) atoms. The first-order valence-corrected chi connectivity index (χ1v) is 21.1. The third-order valence-electron chi connectivity index (χ3n) is 11.6. The molecular formula is C45H63Cl3SiTi. The quantitative estimate of drug-likeness (QED) is 0.220. The molecule has 0 fully saturated rings. The molecular weight excluding hydrogens is 723 g/mol. The van der Waals surface area contributed by atoms with E-state index in [1.54, 1.807) is 26.7 Å². The van der Waals surface area contributed by atoms with Crippen molar-refractivity contribution in [3.05, 3.63) is 110 Å². The average molecular weight is 786 g/mol.